The van der Waals surface area contributed by atoms with E-state index in [0.29, 0.717) is 12.8 Å². The van der Waals surface area contributed by atoms with E-state index in [0.717, 1.165) is 18.6 Å². The van der Waals surface area contributed by atoms with Crippen molar-refractivity contribution in [2.24, 2.45) is 0 Å². The largest absolute Gasteiger partial charge is 0.392 e. The van der Waals surface area contributed by atoms with Gasteiger partial charge in [0.05, 0.1) is 12.2 Å². The number of hydrogen-bond donors (Lipinski definition) is 2. The summed E-state index contributed by atoms with van der Waals surface area (Å²) in [6.45, 7) is -0.585. The Morgan fingerprint density at radius 2 is 2.05 bits per heavy atom. The van der Waals surface area contributed by atoms with Gasteiger partial charge in [-0.1, -0.05) is 0 Å². The number of sulfonamides is 1. The van der Waals surface area contributed by atoms with Gasteiger partial charge in [0.1, 0.15) is 4.90 Å². The van der Waals surface area contributed by atoms with E-state index in [2.05, 4.69) is 4.72 Å². The molecule has 0 heterocycles. The van der Waals surface area contributed by atoms with E-state index < -0.39 is 38.8 Å². The molecule has 1 aromatic carbocycles. The maximum atomic E-state index is 13.7. The summed E-state index contributed by atoms with van der Waals surface area (Å²) >= 11 is 0. The fourth-order valence-corrected chi connectivity index (χ4v) is 3.48. The molecule has 21 heavy (non-hydrogen) atoms. The third-order valence-corrected chi connectivity index (χ3v) is 5.21. The minimum absolute atomic E-state index is 0.00373. The highest BCUT2D eigenvalue weighted by atomic mass is 32.2. The zero-order valence-corrected chi connectivity index (χ0v) is 12.3. The van der Waals surface area contributed by atoms with Gasteiger partial charge >= 0.3 is 0 Å². The van der Waals surface area contributed by atoms with Crippen molar-refractivity contribution < 1.29 is 27.0 Å². The van der Waals surface area contributed by atoms with Crippen LogP contribution in [0.15, 0.2) is 17.0 Å². The molecule has 0 saturated heterocycles. The lowest BCUT2D eigenvalue weighted by atomic mass is 9.80. The van der Waals surface area contributed by atoms with Crippen LogP contribution < -0.4 is 4.72 Å². The first-order valence-electron chi connectivity index (χ1n) is 6.47. The number of aliphatic hydroxyl groups is 1. The summed E-state index contributed by atoms with van der Waals surface area (Å²) in [5, 5.41) is 8.96. The second-order valence-electron chi connectivity index (χ2n) is 5.11. The number of ether oxygens (including phenoxy) is 1. The Bertz CT molecular complexity index is 624. The third kappa shape index (κ3) is 3.23. The fourth-order valence-electron chi connectivity index (χ4n) is 2.23. The normalized spacial score (nSPS) is 17.5. The molecule has 0 aliphatic heterocycles. The van der Waals surface area contributed by atoms with Gasteiger partial charge in [0.2, 0.25) is 10.0 Å². The molecule has 0 radical (unpaired) electrons. The molecule has 1 aliphatic rings. The molecule has 2 N–H and O–H groups in total. The van der Waals surface area contributed by atoms with Gasteiger partial charge in [-0.2, -0.15) is 0 Å². The van der Waals surface area contributed by atoms with Gasteiger partial charge in [-0.05, 0) is 37.0 Å². The summed E-state index contributed by atoms with van der Waals surface area (Å²) in [6.07, 6.45) is 2.34. The molecule has 0 bridgehead atoms. The van der Waals surface area contributed by atoms with Gasteiger partial charge < -0.3 is 9.84 Å². The van der Waals surface area contributed by atoms with Gasteiger partial charge in [0, 0.05) is 13.7 Å². The highest BCUT2D eigenvalue weighted by Crippen LogP contribution is 2.34. The highest BCUT2D eigenvalue weighted by Gasteiger charge is 2.38. The molecule has 118 valence electrons. The standard InChI is InChI=1S/C13H17F2NO4S/c1-20-13(3-2-4-13)8-16-21(18,19)11-6-9(7-17)5-10(14)12(11)15/h5-6,16-17H,2-4,7-8H2,1H3. The van der Waals surface area contributed by atoms with Crippen molar-refractivity contribution in [3.63, 3.8) is 0 Å². The van der Waals surface area contributed by atoms with Gasteiger partial charge in [-0.15, -0.1) is 0 Å². The summed E-state index contributed by atoms with van der Waals surface area (Å²) in [5.74, 6) is -2.77. The Morgan fingerprint density at radius 3 is 2.52 bits per heavy atom. The number of methoxy groups -OCH3 is 1. The Balaban J connectivity index is 2.25. The van der Waals surface area contributed by atoms with Crippen molar-refractivity contribution in [2.45, 2.75) is 36.4 Å². The Morgan fingerprint density at radius 1 is 1.38 bits per heavy atom. The lowest BCUT2D eigenvalue weighted by Crippen LogP contribution is -2.49. The molecule has 1 aliphatic carbocycles. The minimum atomic E-state index is -4.22. The minimum Gasteiger partial charge on any atom is -0.392 e. The Hall–Kier alpha value is -1.09. The molecular weight excluding hydrogens is 304 g/mol. The van der Waals surface area contributed by atoms with E-state index >= 15 is 0 Å². The summed E-state index contributed by atoms with van der Waals surface area (Å²) in [4.78, 5) is -0.808. The zero-order chi connectivity index (χ0) is 15.7. The molecule has 0 amide bonds. The van der Waals surface area contributed by atoms with Gasteiger partial charge in [0.15, 0.2) is 11.6 Å². The summed E-state index contributed by atoms with van der Waals surface area (Å²) in [5.41, 5.74) is -0.587. The molecule has 0 spiro atoms. The number of hydrogen-bond acceptors (Lipinski definition) is 4. The third-order valence-electron chi connectivity index (χ3n) is 3.81. The van der Waals surface area contributed by atoms with E-state index in [-0.39, 0.29) is 12.1 Å². The SMILES string of the molecule is COC1(CNS(=O)(=O)c2cc(CO)cc(F)c2F)CCC1. The van der Waals surface area contributed by atoms with Crippen molar-refractivity contribution in [1.82, 2.24) is 4.72 Å². The topological polar surface area (TPSA) is 75.6 Å². The van der Waals surface area contributed by atoms with Gasteiger partial charge in [-0.3, -0.25) is 0 Å². The highest BCUT2D eigenvalue weighted by molar-refractivity contribution is 7.89. The van der Waals surface area contributed by atoms with E-state index in [1.54, 1.807) is 0 Å². The quantitative estimate of drug-likeness (QED) is 0.828. The lowest BCUT2D eigenvalue weighted by Gasteiger charge is -2.40. The second kappa shape index (κ2) is 5.96. The maximum absolute atomic E-state index is 13.7. The predicted octanol–water partition coefficient (Wildman–Crippen LogP) is 1.30. The molecule has 1 saturated carbocycles. The van der Waals surface area contributed by atoms with Crippen LogP contribution in [0.1, 0.15) is 24.8 Å². The summed E-state index contributed by atoms with van der Waals surface area (Å²) < 4.78 is 58.8. The Kier molecular flexibility index (Phi) is 4.62. The van der Waals surface area contributed by atoms with Crippen molar-refractivity contribution in [3.8, 4) is 0 Å². The number of benzene rings is 1. The number of halogens is 2. The van der Waals surface area contributed by atoms with Gasteiger partial charge in [0.25, 0.3) is 0 Å². The first-order chi connectivity index (χ1) is 9.83. The van der Waals surface area contributed by atoms with Crippen LogP contribution in [0.25, 0.3) is 0 Å². The smallest absolute Gasteiger partial charge is 0.243 e. The zero-order valence-electron chi connectivity index (χ0n) is 11.5. The van der Waals surface area contributed by atoms with Crippen LogP contribution >= 0.6 is 0 Å². The molecule has 2 rings (SSSR count). The Labute approximate surface area is 122 Å². The van der Waals surface area contributed by atoms with Crippen molar-refractivity contribution in [2.75, 3.05) is 13.7 Å². The first-order valence-corrected chi connectivity index (χ1v) is 7.95. The van der Waals surface area contributed by atoms with Crippen LogP contribution in [0.2, 0.25) is 0 Å². The summed E-state index contributed by atoms with van der Waals surface area (Å²) in [6, 6.07) is 1.68. The number of nitrogens with one attached hydrogen (secondary N) is 1. The van der Waals surface area contributed by atoms with Crippen LogP contribution in [0.3, 0.4) is 0 Å². The monoisotopic (exact) mass is 321 g/mol. The molecular formula is C13H17F2NO4S. The predicted molar refractivity (Wildman–Crippen MR) is 71.1 cm³/mol. The molecule has 8 heteroatoms. The van der Waals surface area contributed by atoms with Crippen molar-refractivity contribution >= 4 is 10.0 Å². The van der Waals surface area contributed by atoms with Crippen molar-refractivity contribution in [3.05, 3.63) is 29.3 Å². The van der Waals surface area contributed by atoms with E-state index in [9.17, 15) is 17.2 Å². The van der Waals surface area contributed by atoms with Crippen LogP contribution in [-0.4, -0.2) is 32.8 Å². The maximum Gasteiger partial charge on any atom is 0.243 e. The van der Waals surface area contributed by atoms with Crippen molar-refractivity contribution in [1.29, 1.82) is 0 Å². The number of rotatable bonds is 6. The van der Waals surface area contributed by atoms with Gasteiger partial charge in [-0.25, -0.2) is 21.9 Å². The molecule has 0 atom stereocenters. The fraction of sp³-hybridized carbons (Fsp3) is 0.538. The van der Waals surface area contributed by atoms with Crippen LogP contribution in [0.4, 0.5) is 8.78 Å². The van der Waals surface area contributed by atoms with E-state index in [1.807, 2.05) is 0 Å². The van der Waals surface area contributed by atoms with Crippen LogP contribution in [-0.2, 0) is 21.4 Å². The van der Waals surface area contributed by atoms with E-state index in [4.69, 9.17) is 9.84 Å². The summed E-state index contributed by atoms with van der Waals surface area (Å²) in [7, 11) is -2.74. The molecule has 0 unspecified atom stereocenters. The van der Waals surface area contributed by atoms with Crippen LogP contribution in [0.5, 0.6) is 0 Å². The average Bonchev–Trinajstić information content (AvgIpc) is 2.40. The number of aliphatic hydroxyl groups excluding tert-OH is 1. The van der Waals surface area contributed by atoms with E-state index in [1.165, 1.54) is 7.11 Å². The molecule has 0 aromatic heterocycles. The molecule has 1 aromatic rings. The average molecular weight is 321 g/mol. The van der Waals surface area contributed by atoms with Crippen LogP contribution in [0, 0.1) is 11.6 Å². The lowest BCUT2D eigenvalue weighted by molar-refractivity contribution is -0.0659. The molecule has 1 fully saturated rings. The second-order valence-corrected chi connectivity index (χ2v) is 6.85. The molecule has 5 nitrogen and oxygen atoms in total. The first kappa shape index (κ1) is 16.3.